The number of amides is 3. The lowest BCUT2D eigenvalue weighted by molar-refractivity contribution is -0.114. The van der Waals surface area contributed by atoms with Crippen molar-refractivity contribution in [1.29, 1.82) is 0 Å². The number of nitrogens with zero attached hydrogens (tertiary/aromatic N) is 2. The van der Waals surface area contributed by atoms with Gasteiger partial charge in [0.2, 0.25) is 5.91 Å². The van der Waals surface area contributed by atoms with Gasteiger partial charge in [0.05, 0.1) is 0 Å². The molecule has 0 aliphatic carbocycles. The van der Waals surface area contributed by atoms with Crippen molar-refractivity contribution in [1.82, 2.24) is 4.90 Å². The van der Waals surface area contributed by atoms with E-state index in [0.29, 0.717) is 24.3 Å². The van der Waals surface area contributed by atoms with E-state index in [2.05, 4.69) is 15.5 Å². The molecule has 2 N–H and O–H groups in total. The Kier molecular flexibility index (Phi) is 5.93. The maximum absolute atomic E-state index is 12.5. The van der Waals surface area contributed by atoms with E-state index in [-0.39, 0.29) is 17.7 Å². The van der Waals surface area contributed by atoms with Gasteiger partial charge in [-0.15, -0.1) is 0 Å². The number of hydrogen-bond acceptors (Lipinski definition) is 4. The third-order valence-corrected chi connectivity index (χ3v) is 4.64. The molecule has 7 heteroatoms. The summed E-state index contributed by atoms with van der Waals surface area (Å²) in [6.07, 6.45) is 0. The summed E-state index contributed by atoms with van der Waals surface area (Å²) in [5.74, 6) is -0.129. The minimum Gasteiger partial charge on any atom is -0.368 e. The highest BCUT2D eigenvalue weighted by Crippen LogP contribution is 2.20. The number of urea groups is 1. The number of hydrogen-bond donors (Lipinski definition) is 2. The molecule has 0 radical (unpaired) electrons. The minimum absolute atomic E-state index is 0.0331. The molecule has 3 amide bonds. The number of ketones is 1. The van der Waals surface area contributed by atoms with Crippen LogP contribution >= 0.6 is 0 Å². The molecular weight excluding hydrogens is 356 g/mol. The van der Waals surface area contributed by atoms with Crippen LogP contribution in [-0.2, 0) is 4.79 Å². The zero-order valence-corrected chi connectivity index (χ0v) is 16.1. The molecule has 0 unspecified atom stereocenters. The Morgan fingerprint density at radius 1 is 0.821 bits per heavy atom. The summed E-state index contributed by atoms with van der Waals surface area (Å²) in [6, 6.07) is 14.5. The fraction of sp³-hybridized carbons (Fsp3) is 0.286. The molecule has 2 aromatic rings. The zero-order valence-electron chi connectivity index (χ0n) is 16.1. The fourth-order valence-electron chi connectivity index (χ4n) is 3.15. The molecule has 0 saturated carbocycles. The summed E-state index contributed by atoms with van der Waals surface area (Å²) in [7, 11) is 0. The third-order valence-electron chi connectivity index (χ3n) is 4.64. The number of nitrogens with one attached hydrogen (secondary N) is 2. The molecule has 2 aromatic carbocycles. The van der Waals surface area contributed by atoms with Crippen LogP contribution in [-0.4, -0.2) is 48.8 Å². The lowest BCUT2D eigenvalue weighted by atomic mass is 10.1. The summed E-state index contributed by atoms with van der Waals surface area (Å²) in [6.45, 7) is 5.63. The van der Waals surface area contributed by atoms with E-state index in [1.807, 2.05) is 24.3 Å². The number of rotatable bonds is 4. The van der Waals surface area contributed by atoms with E-state index in [1.54, 1.807) is 29.2 Å². The van der Waals surface area contributed by atoms with Gasteiger partial charge in [-0.3, -0.25) is 9.59 Å². The molecule has 0 spiro atoms. The predicted molar refractivity (Wildman–Crippen MR) is 110 cm³/mol. The number of anilines is 3. The van der Waals surface area contributed by atoms with Gasteiger partial charge >= 0.3 is 6.03 Å². The molecule has 1 heterocycles. The van der Waals surface area contributed by atoms with E-state index < -0.39 is 0 Å². The lowest BCUT2D eigenvalue weighted by Crippen LogP contribution is -2.50. The number of carbonyl (C=O) groups excluding carboxylic acids is 3. The van der Waals surface area contributed by atoms with E-state index in [1.165, 1.54) is 13.8 Å². The van der Waals surface area contributed by atoms with E-state index in [0.717, 1.165) is 24.5 Å². The van der Waals surface area contributed by atoms with Crippen LogP contribution in [0.15, 0.2) is 48.5 Å². The van der Waals surface area contributed by atoms with Crippen molar-refractivity contribution in [2.24, 2.45) is 0 Å². The van der Waals surface area contributed by atoms with Gasteiger partial charge in [-0.05, 0) is 43.3 Å². The summed E-state index contributed by atoms with van der Waals surface area (Å²) >= 11 is 0. The SMILES string of the molecule is CC(=O)Nc1ccc(N2CCN(C(=O)Nc3cccc(C(C)=O)c3)CC2)cc1. The molecule has 3 rings (SSSR count). The predicted octanol–water partition coefficient (Wildman–Crippen LogP) is 3.20. The van der Waals surface area contributed by atoms with Crippen LogP contribution < -0.4 is 15.5 Å². The first-order valence-corrected chi connectivity index (χ1v) is 9.22. The Labute approximate surface area is 164 Å². The van der Waals surface area contributed by atoms with E-state index in [9.17, 15) is 14.4 Å². The van der Waals surface area contributed by atoms with Gasteiger partial charge in [0, 0.05) is 55.7 Å². The highest BCUT2D eigenvalue weighted by atomic mass is 16.2. The number of Topliss-reactive ketones (excluding diaryl/α,β-unsaturated/α-hetero) is 1. The van der Waals surface area contributed by atoms with Crippen molar-refractivity contribution in [3.63, 3.8) is 0 Å². The van der Waals surface area contributed by atoms with Gasteiger partial charge in [-0.1, -0.05) is 12.1 Å². The summed E-state index contributed by atoms with van der Waals surface area (Å²) in [5, 5.41) is 5.61. The molecule has 0 atom stereocenters. The second-order valence-electron chi connectivity index (χ2n) is 6.77. The lowest BCUT2D eigenvalue weighted by Gasteiger charge is -2.36. The molecular formula is C21H24N4O3. The summed E-state index contributed by atoms with van der Waals surface area (Å²) in [4.78, 5) is 39.1. The summed E-state index contributed by atoms with van der Waals surface area (Å²) in [5.41, 5.74) is 3.02. The van der Waals surface area contributed by atoms with Crippen molar-refractivity contribution >= 4 is 34.8 Å². The van der Waals surface area contributed by atoms with Gasteiger partial charge in [0.15, 0.2) is 5.78 Å². The average Bonchev–Trinajstić information content (AvgIpc) is 2.68. The first-order valence-electron chi connectivity index (χ1n) is 9.22. The second kappa shape index (κ2) is 8.56. The van der Waals surface area contributed by atoms with Crippen molar-refractivity contribution in [3.8, 4) is 0 Å². The van der Waals surface area contributed by atoms with Gasteiger partial charge < -0.3 is 20.4 Å². The molecule has 1 aliphatic rings. The Balaban J connectivity index is 1.54. The summed E-state index contributed by atoms with van der Waals surface area (Å²) < 4.78 is 0. The normalized spacial score (nSPS) is 13.8. The topological polar surface area (TPSA) is 81.8 Å². The molecule has 7 nitrogen and oxygen atoms in total. The van der Waals surface area contributed by atoms with Crippen molar-refractivity contribution in [2.45, 2.75) is 13.8 Å². The number of benzene rings is 2. The van der Waals surface area contributed by atoms with Crippen molar-refractivity contribution in [2.75, 3.05) is 41.7 Å². The number of carbonyl (C=O) groups is 3. The Morgan fingerprint density at radius 3 is 2.11 bits per heavy atom. The van der Waals surface area contributed by atoms with Crippen LogP contribution in [0.25, 0.3) is 0 Å². The van der Waals surface area contributed by atoms with Crippen LogP contribution in [0.1, 0.15) is 24.2 Å². The Bertz CT molecular complexity index is 871. The van der Waals surface area contributed by atoms with Crippen LogP contribution in [0.2, 0.25) is 0 Å². The maximum Gasteiger partial charge on any atom is 0.321 e. The third kappa shape index (κ3) is 4.88. The first kappa shape index (κ1) is 19.4. The van der Waals surface area contributed by atoms with Crippen LogP contribution in [0.3, 0.4) is 0 Å². The monoisotopic (exact) mass is 380 g/mol. The highest BCUT2D eigenvalue weighted by Gasteiger charge is 2.21. The number of piperazine rings is 1. The smallest absolute Gasteiger partial charge is 0.321 e. The van der Waals surface area contributed by atoms with Gasteiger partial charge in [0.1, 0.15) is 0 Å². The largest absolute Gasteiger partial charge is 0.368 e. The fourth-order valence-corrected chi connectivity index (χ4v) is 3.15. The Morgan fingerprint density at radius 2 is 1.50 bits per heavy atom. The molecule has 1 aliphatic heterocycles. The molecule has 146 valence electrons. The van der Waals surface area contributed by atoms with Crippen molar-refractivity contribution in [3.05, 3.63) is 54.1 Å². The van der Waals surface area contributed by atoms with Gasteiger partial charge in [0.25, 0.3) is 0 Å². The van der Waals surface area contributed by atoms with Crippen molar-refractivity contribution < 1.29 is 14.4 Å². The Hall–Kier alpha value is -3.35. The van der Waals surface area contributed by atoms with Crippen LogP contribution in [0.5, 0.6) is 0 Å². The standard InChI is InChI=1S/C21H24N4O3/c1-15(26)17-4-3-5-19(14-17)23-21(28)25-12-10-24(11-13-25)20-8-6-18(7-9-20)22-16(2)27/h3-9,14H,10-13H2,1-2H3,(H,22,27)(H,23,28). The second-order valence-corrected chi connectivity index (χ2v) is 6.77. The first-order chi connectivity index (χ1) is 13.4. The molecule has 0 aromatic heterocycles. The zero-order chi connectivity index (χ0) is 20.1. The minimum atomic E-state index is -0.165. The quantitative estimate of drug-likeness (QED) is 0.798. The average molecular weight is 380 g/mol. The molecule has 1 saturated heterocycles. The van der Waals surface area contributed by atoms with Crippen LogP contribution in [0, 0.1) is 0 Å². The maximum atomic E-state index is 12.5. The highest BCUT2D eigenvalue weighted by molar-refractivity contribution is 5.96. The van der Waals surface area contributed by atoms with Crippen LogP contribution in [0.4, 0.5) is 21.9 Å². The van der Waals surface area contributed by atoms with Gasteiger partial charge in [-0.25, -0.2) is 4.79 Å². The van der Waals surface area contributed by atoms with Gasteiger partial charge in [-0.2, -0.15) is 0 Å². The molecule has 0 bridgehead atoms. The van der Waals surface area contributed by atoms with E-state index in [4.69, 9.17) is 0 Å². The van der Waals surface area contributed by atoms with E-state index >= 15 is 0 Å². The molecule has 1 fully saturated rings. The molecule has 28 heavy (non-hydrogen) atoms.